The lowest BCUT2D eigenvalue weighted by atomic mass is 10.2. The number of rotatable bonds is 5. The van der Waals surface area contributed by atoms with E-state index in [0.717, 1.165) is 5.56 Å². The molecule has 0 spiro atoms. The maximum atomic E-state index is 10.8. The molecule has 0 saturated carbocycles. The quantitative estimate of drug-likeness (QED) is 0.771. The first kappa shape index (κ1) is 12.2. The van der Waals surface area contributed by atoms with Crippen LogP contribution in [0.15, 0.2) is 24.3 Å². The second kappa shape index (κ2) is 5.89. The number of ketones is 1. The highest BCUT2D eigenvalue weighted by molar-refractivity contribution is 6.31. The number of Topliss-reactive ketones (excluding diaryl/α,β-unsaturated/α-hetero) is 1. The topological polar surface area (TPSA) is 26.3 Å². The number of hydrogen-bond acceptors (Lipinski definition) is 2. The molecule has 1 rings (SSSR count). The van der Waals surface area contributed by atoms with Crippen molar-refractivity contribution in [3.8, 4) is 0 Å². The molecule has 0 aromatic heterocycles. The summed E-state index contributed by atoms with van der Waals surface area (Å²) < 4.78 is 5.51. The zero-order valence-electron chi connectivity index (χ0n) is 9.00. The summed E-state index contributed by atoms with van der Waals surface area (Å²) >= 11 is 5.97. The number of halogens is 1. The Morgan fingerprint density at radius 2 is 2.13 bits per heavy atom. The average Bonchev–Trinajstić information content (AvgIpc) is 2.15. The Kier molecular flexibility index (Phi) is 4.79. The fourth-order valence-electron chi connectivity index (χ4n) is 1.31. The Balaban J connectivity index is 2.43. The van der Waals surface area contributed by atoms with Crippen molar-refractivity contribution in [3.05, 3.63) is 34.9 Å². The summed E-state index contributed by atoms with van der Waals surface area (Å²) in [5.74, 6) is 0.140. The van der Waals surface area contributed by atoms with E-state index in [0.29, 0.717) is 18.1 Å². The van der Waals surface area contributed by atoms with E-state index in [-0.39, 0.29) is 11.9 Å². The van der Waals surface area contributed by atoms with Crippen LogP contribution >= 0.6 is 11.6 Å². The summed E-state index contributed by atoms with van der Waals surface area (Å²) in [5.41, 5.74) is 0.953. The lowest BCUT2D eigenvalue weighted by Crippen LogP contribution is -2.12. The molecule has 0 bridgehead atoms. The smallest absolute Gasteiger partial charge is 0.132 e. The number of hydrogen-bond donors (Lipinski definition) is 0. The molecule has 1 aromatic rings. The van der Waals surface area contributed by atoms with Gasteiger partial charge in [0.25, 0.3) is 0 Å². The molecule has 0 aliphatic heterocycles. The lowest BCUT2D eigenvalue weighted by molar-refractivity contribution is -0.119. The van der Waals surface area contributed by atoms with Gasteiger partial charge in [-0.3, -0.25) is 4.79 Å². The van der Waals surface area contributed by atoms with E-state index in [1.165, 1.54) is 0 Å². The Labute approximate surface area is 95.2 Å². The third-order valence-electron chi connectivity index (χ3n) is 2.06. The minimum absolute atomic E-state index is 0.0567. The van der Waals surface area contributed by atoms with E-state index in [1.807, 2.05) is 31.2 Å². The average molecular weight is 227 g/mol. The summed E-state index contributed by atoms with van der Waals surface area (Å²) in [5, 5.41) is 0.701. The summed E-state index contributed by atoms with van der Waals surface area (Å²) in [6.45, 7) is 3.90. The highest BCUT2D eigenvalue weighted by Gasteiger charge is 2.06. The van der Waals surface area contributed by atoms with Gasteiger partial charge in [0.05, 0.1) is 12.7 Å². The molecule has 15 heavy (non-hydrogen) atoms. The SMILES string of the molecule is CC(=O)CC(C)OCc1ccccc1Cl. The molecule has 0 amide bonds. The van der Waals surface area contributed by atoms with Crippen LogP contribution in [0, 0.1) is 0 Å². The Morgan fingerprint density at radius 1 is 1.47 bits per heavy atom. The van der Waals surface area contributed by atoms with Gasteiger partial charge in [0.2, 0.25) is 0 Å². The maximum Gasteiger partial charge on any atom is 0.132 e. The first-order valence-electron chi connectivity index (χ1n) is 4.94. The van der Waals surface area contributed by atoms with Crippen LogP contribution in [0.3, 0.4) is 0 Å². The van der Waals surface area contributed by atoms with Crippen LogP contribution in [0.25, 0.3) is 0 Å². The van der Waals surface area contributed by atoms with Crippen LogP contribution < -0.4 is 0 Å². The summed E-state index contributed by atoms with van der Waals surface area (Å²) in [7, 11) is 0. The zero-order chi connectivity index (χ0) is 11.3. The van der Waals surface area contributed by atoms with Crippen molar-refractivity contribution in [3.63, 3.8) is 0 Å². The van der Waals surface area contributed by atoms with Crippen molar-refractivity contribution in [1.82, 2.24) is 0 Å². The van der Waals surface area contributed by atoms with Crippen molar-refractivity contribution in [2.24, 2.45) is 0 Å². The molecule has 3 heteroatoms. The Bertz CT molecular complexity index is 336. The van der Waals surface area contributed by atoms with Gasteiger partial charge in [-0.05, 0) is 25.5 Å². The van der Waals surface area contributed by atoms with Crippen molar-refractivity contribution in [1.29, 1.82) is 0 Å². The van der Waals surface area contributed by atoms with Crippen LogP contribution in [0.5, 0.6) is 0 Å². The summed E-state index contributed by atoms with van der Waals surface area (Å²) in [6, 6.07) is 7.55. The molecular formula is C12H15ClO2. The molecule has 0 radical (unpaired) electrons. The minimum atomic E-state index is -0.0567. The second-order valence-electron chi connectivity index (χ2n) is 3.62. The second-order valence-corrected chi connectivity index (χ2v) is 4.03. The molecule has 82 valence electrons. The monoisotopic (exact) mass is 226 g/mol. The van der Waals surface area contributed by atoms with Gasteiger partial charge in [0, 0.05) is 11.4 Å². The highest BCUT2D eigenvalue weighted by Crippen LogP contribution is 2.16. The molecule has 0 aliphatic carbocycles. The first-order valence-corrected chi connectivity index (χ1v) is 5.32. The predicted octanol–water partition coefficient (Wildman–Crippen LogP) is 3.22. The van der Waals surface area contributed by atoms with E-state index in [4.69, 9.17) is 16.3 Å². The van der Waals surface area contributed by atoms with Crippen molar-refractivity contribution in [2.75, 3.05) is 0 Å². The molecule has 1 unspecified atom stereocenters. The molecule has 1 atom stereocenters. The summed E-state index contributed by atoms with van der Waals surface area (Å²) in [4.78, 5) is 10.8. The van der Waals surface area contributed by atoms with Crippen LogP contribution in [-0.4, -0.2) is 11.9 Å². The molecule has 1 aromatic carbocycles. The van der Waals surface area contributed by atoms with Crippen molar-refractivity contribution >= 4 is 17.4 Å². The Hall–Kier alpha value is -0.860. The zero-order valence-corrected chi connectivity index (χ0v) is 9.75. The largest absolute Gasteiger partial charge is 0.373 e. The van der Waals surface area contributed by atoms with E-state index in [1.54, 1.807) is 6.92 Å². The van der Waals surface area contributed by atoms with Gasteiger partial charge in [0.15, 0.2) is 0 Å². The fraction of sp³-hybridized carbons (Fsp3) is 0.417. The third-order valence-corrected chi connectivity index (χ3v) is 2.42. The van der Waals surface area contributed by atoms with Crippen molar-refractivity contribution < 1.29 is 9.53 Å². The molecular weight excluding hydrogens is 212 g/mol. The van der Waals surface area contributed by atoms with Crippen LogP contribution in [0.4, 0.5) is 0 Å². The first-order chi connectivity index (χ1) is 7.09. The number of benzene rings is 1. The molecule has 0 saturated heterocycles. The van der Waals surface area contributed by atoms with E-state index in [9.17, 15) is 4.79 Å². The minimum Gasteiger partial charge on any atom is -0.373 e. The van der Waals surface area contributed by atoms with E-state index < -0.39 is 0 Å². The van der Waals surface area contributed by atoms with Crippen LogP contribution in [0.2, 0.25) is 5.02 Å². The van der Waals surface area contributed by atoms with Gasteiger partial charge in [-0.15, -0.1) is 0 Å². The van der Waals surface area contributed by atoms with Gasteiger partial charge in [-0.25, -0.2) is 0 Å². The van der Waals surface area contributed by atoms with Gasteiger partial charge < -0.3 is 4.74 Å². The molecule has 0 heterocycles. The number of ether oxygens (including phenoxy) is 1. The third kappa shape index (κ3) is 4.45. The van der Waals surface area contributed by atoms with Gasteiger partial charge >= 0.3 is 0 Å². The highest BCUT2D eigenvalue weighted by atomic mass is 35.5. The lowest BCUT2D eigenvalue weighted by Gasteiger charge is -2.11. The number of carbonyl (C=O) groups excluding carboxylic acids is 1. The maximum absolute atomic E-state index is 10.8. The fourth-order valence-corrected chi connectivity index (χ4v) is 1.50. The van der Waals surface area contributed by atoms with E-state index in [2.05, 4.69) is 0 Å². The van der Waals surface area contributed by atoms with E-state index >= 15 is 0 Å². The van der Waals surface area contributed by atoms with Crippen LogP contribution in [-0.2, 0) is 16.1 Å². The van der Waals surface area contributed by atoms with Gasteiger partial charge in [-0.2, -0.15) is 0 Å². The van der Waals surface area contributed by atoms with Crippen molar-refractivity contribution in [2.45, 2.75) is 33.0 Å². The Morgan fingerprint density at radius 3 is 2.73 bits per heavy atom. The number of carbonyl (C=O) groups is 1. The molecule has 2 nitrogen and oxygen atoms in total. The molecule has 0 aliphatic rings. The standard InChI is InChI=1S/C12H15ClO2/c1-9(14)7-10(2)15-8-11-5-3-4-6-12(11)13/h3-6,10H,7-8H2,1-2H3. The normalized spacial score (nSPS) is 12.5. The molecule has 0 N–H and O–H groups in total. The van der Waals surface area contributed by atoms with Gasteiger partial charge in [-0.1, -0.05) is 29.8 Å². The van der Waals surface area contributed by atoms with Gasteiger partial charge in [0.1, 0.15) is 5.78 Å². The predicted molar refractivity (Wildman–Crippen MR) is 61.0 cm³/mol. The summed E-state index contributed by atoms with van der Waals surface area (Å²) in [6.07, 6.45) is 0.392. The van der Waals surface area contributed by atoms with Crippen LogP contribution in [0.1, 0.15) is 25.8 Å². The molecule has 0 fully saturated rings.